The summed E-state index contributed by atoms with van der Waals surface area (Å²) in [5.41, 5.74) is 1.62. The average Bonchev–Trinajstić information content (AvgIpc) is 2.68. The molecule has 1 aliphatic rings. The molecule has 0 aromatic heterocycles. The van der Waals surface area contributed by atoms with Gasteiger partial charge in [-0.2, -0.15) is 0 Å². The zero-order chi connectivity index (χ0) is 20.1. The third-order valence-electron chi connectivity index (χ3n) is 4.97. The van der Waals surface area contributed by atoms with Gasteiger partial charge < -0.3 is 10.0 Å². The number of sulfonamides is 1. The minimum atomic E-state index is -3.79. The number of aliphatic hydroxyl groups is 1. The maximum atomic E-state index is 13.0. The van der Waals surface area contributed by atoms with Gasteiger partial charge in [0, 0.05) is 44.4 Å². The van der Waals surface area contributed by atoms with Crippen LogP contribution in [0.3, 0.4) is 0 Å². The molecule has 0 spiro atoms. The van der Waals surface area contributed by atoms with Gasteiger partial charge in [0.25, 0.3) is 5.91 Å². The van der Waals surface area contributed by atoms with Gasteiger partial charge >= 0.3 is 0 Å². The summed E-state index contributed by atoms with van der Waals surface area (Å²) in [5, 5.41) is 14.6. The number of hydrogen-bond donors (Lipinski definition) is 2. The molecule has 1 aliphatic heterocycles. The van der Waals surface area contributed by atoms with Crippen LogP contribution in [0.25, 0.3) is 0 Å². The van der Waals surface area contributed by atoms with E-state index < -0.39 is 10.0 Å². The largest absolute Gasteiger partial charge is 0.396 e. The molecule has 150 valence electrons. The number of benzene rings is 2. The molecule has 1 atom stereocenters. The number of nitrogens with two attached hydrogens (primary N) is 1. The number of hydrogen-bond acceptors (Lipinski definition) is 5. The van der Waals surface area contributed by atoms with Gasteiger partial charge in [0.05, 0.1) is 4.90 Å². The fraction of sp³-hybridized carbons (Fsp3) is 0.350. The quantitative estimate of drug-likeness (QED) is 0.750. The Balaban J connectivity index is 1.71. The van der Waals surface area contributed by atoms with Crippen molar-refractivity contribution in [3.63, 3.8) is 0 Å². The van der Waals surface area contributed by atoms with E-state index in [1.165, 1.54) is 29.8 Å². The maximum Gasteiger partial charge on any atom is 0.254 e. The molecule has 7 nitrogen and oxygen atoms in total. The van der Waals surface area contributed by atoms with E-state index in [1.807, 2.05) is 18.2 Å². The van der Waals surface area contributed by atoms with Crippen molar-refractivity contribution in [2.45, 2.75) is 23.9 Å². The smallest absolute Gasteiger partial charge is 0.254 e. The molecule has 1 amide bonds. The number of rotatable bonds is 6. The second kappa shape index (κ2) is 8.83. The molecule has 1 saturated heterocycles. The summed E-state index contributed by atoms with van der Waals surface area (Å²) in [4.78, 5) is 17.0. The molecule has 0 unspecified atom stereocenters. The van der Waals surface area contributed by atoms with Gasteiger partial charge in [0.2, 0.25) is 10.0 Å². The van der Waals surface area contributed by atoms with E-state index >= 15 is 0 Å². The Morgan fingerprint density at radius 3 is 2.36 bits per heavy atom. The fourth-order valence-corrected chi connectivity index (χ4v) is 4.04. The molecule has 0 saturated carbocycles. The summed E-state index contributed by atoms with van der Waals surface area (Å²) in [6.45, 7) is 2.76. The number of nitrogens with zero attached hydrogens (tertiary/aromatic N) is 2. The number of carbonyl (C=O) groups is 1. The van der Waals surface area contributed by atoms with Crippen molar-refractivity contribution in [2.75, 3.05) is 26.2 Å². The number of primary sulfonamides is 1. The molecule has 8 heteroatoms. The molecule has 0 bridgehead atoms. The predicted molar refractivity (Wildman–Crippen MR) is 106 cm³/mol. The van der Waals surface area contributed by atoms with Crippen LogP contribution in [0.4, 0.5) is 0 Å². The summed E-state index contributed by atoms with van der Waals surface area (Å²) < 4.78 is 22.8. The number of piperazine rings is 1. The van der Waals surface area contributed by atoms with E-state index in [4.69, 9.17) is 5.14 Å². The first-order chi connectivity index (χ1) is 13.4. The maximum absolute atomic E-state index is 13.0. The first-order valence-corrected chi connectivity index (χ1v) is 10.7. The van der Waals surface area contributed by atoms with E-state index in [0.29, 0.717) is 25.1 Å². The Kier molecular flexibility index (Phi) is 6.46. The van der Waals surface area contributed by atoms with Crippen molar-refractivity contribution >= 4 is 15.9 Å². The van der Waals surface area contributed by atoms with Crippen LogP contribution < -0.4 is 5.14 Å². The van der Waals surface area contributed by atoms with Crippen LogP contribution in [0.1, 0.15) is 22.3 Å². The van der Waals surface area contributed by atoms with E-state index in [9.17, 15) is 18.3 Å². The van der Waals surface area contributed by atoms with E-state index in [2.05, 4.69) is 17.0 Å². The lowest BCUT2D eigenvalue weighted by Gasteiger charge is -2.41. The summed E-state index contributed by atoms with van der Waals surface area (Å²) in [5.74, 6) is -0.168. The molecule has 2 aromatic carbocycles. The van der Waals surface area contributed by atoms with Gasteiger partial charge in [-0.25, -0.2) is 13.6 Å². The Labute approximate surface area is 165 Å². The van der Waals surface area contributed by atoms with Crippen LogP contribution >= 0.6 is 0 Å². The Bertz CT molecular complexity index is 901. The van der Waals surface area contributed by atoms with Crippen LogP contribution in [-0.4, -0.2) is 61.5 Å². The molecule has 28 heavy (non-hydrogen) atoms. The molecule has 0 radical (unpaired) electrons. The summed E-state index contributed by atoms with van der Waals surface area (Å²) in [6, 6.07) is 15.7. The molecule has 1 heterocycles. The molecule has 3 N–H and O–H groups in total. The van der Waals surface area contributed by atoms with Gasteiger partial charge in [-0.05, 0) is 36.2 Å². The summed E-state index contributed by atoms with van der Waals surface area (Å²) in [7, 11) is -3.79. The van der Waals surface area contributed by atoms with Crippen LogP contribution in [0.2, 0.25) is 0 Å². The standard InChI is InChI=1S/C20H25N3O4S/c21-28(26,27)19-8-6-17(7-9-19)20(25)23-12-11-22(15-18(23)10-13-24)14-16-4-2-1-3-5-16/h1-9,18,24H,10-15H2,(H2,21,26,27)/t18-/m1/s1. The third-order valence-corrected chi connectivity index (χ3v) is 5.90. The minimum Gasteiger partial charge on any atom is -0.396 e. The fourth-order valence-electron chi connectivity index (χ4n) is 3.52. The van der Waals surface area contributed by atoms with E-state index in [1.54, 1.807) is 4.90 Å². The van der Waals surface area contributed by atoms with Crippen molar-refractivity contribution in [3.8, 4) is 0 Å². The first-order valence-electron chi connectivity index (χ1n) is 9.19. The van der Waals surface area contributed by atoms with E-state index in [0.717, 1.165) is 13.1 Å². The summed E-state index contributed by atoms with van der Waals surface area (Å²) in [6.07, 6.45) is 0.492. The zero-order valence-corrected chi connectivity index (χ0v) is 16.4. The molecule has 1 fully saturated rings. The lowest BCUT2D eigenvalue weighted by molar-refractivity contribution is 0.0380. The van der Waals surface area contributed by atoms with Crippen molar-refractivity contribution in [2.24, 2.45) is 5.14 Å². The highest BCUT2D eigenvalue weighted by Gasteiger charge is 2.30. The monoisotopic (exact) mass is 403 g/mol. The lowest BCUT2D eigenvalue weighted by Crippen LogP contribution is -2.55. The zero-order valence-electron chi connectivity index (χ0n) is 15.6. The molecule has 3 rings (SSSR count). The van der Waals surface area contributed by atoms with Crippen molar-refractivity contribution in [3.05, 3.63) is 65.7 Å². The number of amides is 1. The highest BCUT2D eigenvalue weighted by atomic mass is 32.2. The first kappa shape index (κ1) is 20.5. The SMILES string of the molecule is NS(=O)(=O)c1ccc(C(=O)N2CCN(Cc3ccccc3)C[C@H]2CCO)cc1. The van der Waals surface area contributed by atoms with Gasteiger partial charge in [0.1, 0.15) is 0 Å². The molecular formula is C20H25N3O4S. The normalized spacial score (nSPS) is 18.2. The van der Waals surface area contributed by atoms with Crippen LogP contribution in [0.5, 0.6) is 0 Å². The van der Waals surface area contributed by atoms with Crippen molar-refractivity contribution in [1.29, 1.82) is 0 Å². The highest BCUT2D eigenvalue weighted by Crippen LogP contribution is 2.19. The molecular weight excluding hydrogens is 378 g/mol. The topological polar surface area (TPSA) is 104 Å². The van der Waals surface area contributed by atoms with Crippen molar-refractivity contribution in [1.82, 2.24) is 9.80 Å². The van der Waals surface area contributed by atoms with Crippen LogP contribution in [0, 0.1) is 0 Å². The van der Waals surface area contributed by atoms with E-state index in [-0.39, 0.29) is 23.5 Å². The minimum absolute atomic E-state index is 0.00201. The Hall–Kier alpha value is -2.26. The number of aliphatic hydroxyl groups excluding tert-OH is 1. The molecule has 0 aliphatic carbocycles. The average molecular weight is 404 g/mol. The van der Waals surface area contributed by atoms with Crippen LogP contribution in [0.15, 0.2) is 59.5 Å². The van der Waals surface area contributed by atoms with Crippen molar-refractivity contribution < 1.29 is 18.3 Å². The second-order valence-electron chi connectivity index (χ2n) is 6.95. The lowest BCUT2D eigenvalue weighted by atomic mass is 10.1. The summed E-state index contributed by atoms with van der Waals surface area (Å²) >= 11 is 0. The number of carbonyl (C=O) groups excluding carboxylic acids is 1. The van der Waals surface area contributed by atoms with Gasteiger partial charge in [-0.1, -0.05) is 30.3 Å². The third kappa shape index (κ3) is 4.96. The Morgan fingerprint density at radius 1 is 1.07 bits per heavy atom. The highest BCUT2D eigenvalue weighted by molar-refractivity contribution is 7.89. The Morgan fingerprint density at radius 2 is 1.75 bits per heavy atom. The predicted octanol–water partition coefficient (Wildman–Crippen LogP) is 1.04. The van der Waals surface area contributed by atoms with Crippen LogP contribution in [-0.2, 0) is 16.6 Å². The van der Waals surface area contributed by atoms with Gasteiger partial charge in [-0.15, -0.1) is 0 Å². The molecule has 2 aromatic rings. The second-order valence-corrected chi connectivity index (χ2v) is 8.52. The van der Waals surface area contributed by atoms with Gasteiger partial charge in [-0.3, -0.25) is 9.69 Å². The van der Waals surface area contributed by atoms with Gasteiger partial charge in [0.15, 0.2) is 0 Å².